The summed E-state index contributed by atoms with van der Waals surface area (Å²) in [6.45, 7) is 0. The molecule has 7 heteroatoms. The molecule has 1 N–H and O–H groups in total. The third kappa shape index (κ3) is 4.74. The number of benzene rings is 1. The second kappa shape index (κ2) is 5.40. The molecule has 0 aliphatic heterocycles. The SMILES string of the molecule is O=C(O)CC#Cc1cc(OC(F)(F)F)ccc1F. The molecule has 0 aliphatic carbocycles. The van der Waals surface area contributed by atoms with Crippen LogP contribution in [0.2, 0.25) is 0 Å². The topological polar surface area (TPSA) is 46.5 Å². The highest BCUT2D eigenvalue weighted by molar-refractivity contribution is 5.70. The van der Waals surface area contributed by atoms with E-state index in [0.29, 0.717) is 0 Å². The van der Waals surface area contributed by atoms with Gasteiger partial charge in [-0.25, -0.2) is 4.39 Å². The maximum Gasteiger partial charge on any atom is 0.573 e. The molecule has 0 spiro atoms. The molecular weight excluding hydrogens is 256 g/mol. The number of rotatable bonds is 2. The fourth-order valence-corrected chi connectivity index (χ4v) is 1.01. The van der Waals surface area contributed by atoms with Crippen molar-refractivity contribution in [3.63, 3.8) is 0 Å². The molecular formula is C11H6F4O3. The molecule has 0 saturated carbocycles. The first-order valence-electron chi connectivity index (χ1n) is 4.54. The van der Waals surface area contributed by atoms with Crippen molar-refractivity contribution in [1.29, 1.82) is 0 Å². The third-order valence-electron chi connectivity index (χ3n) is 1.63. The fraction of sp³-hybridized carbons (Fsp3) is 0.182. The highest BCUT2D eigenvalue weighted by Crippen LogP contribution is 2.24. The molecule has 1 aromatic carbocycles. The van der Waals surface area contributed by atoms with Crippen LogP contribution in [0.4, 0.5) is 17.6 Å². The molecule has 0 fully saturated rings. The van der Waals surface area contributed by atoms with E-state index in [4.69, 9.17) is 5.11 Å². The lowest BCUT2D eigenvalue weighted by Gasteiger charge is -2.08. The van der Waals surface area contributed by atoms with Gasteiger partial charge in [0, 0.05) is 0 Å². The van der Waals surface area contributed by atoms with Crippen LogP contribution >= 0.6 is 0 Å². The number of hydrogen-bond donors (Lipinski definition) is 1. The molecule has 0 atom stereocenters. The zero-order chi connectivity index (χ0) is 13.8. The summed E-state index contributed by atoms with van der Waals surface area (Å²) in [7, 11) is 0. The van der Waals surface area contributed by atoms with Crippen molar-refractivity contribution in [1.82, 2.24) is 0 Å². The number of alkyl halides is 3. The molecule has 18 heavy (non-hydrogen) atoms. The van der Waals surface area contributed by atoms with Gasteiger partial charge in [-0.15, -0.1) is 13.2 Å². The van der Waals surface area contributed by atoms with Crippen molar-refractivity contribution >= 4 is 5.97 Å². The Hall–Kier alpha value is -2.23. The van der Waals surface area contributed by atoms with E-state index in [1.807, 2.05) is 0 Å². The van der Waals surface area contributed by atoms with Crippen molar-refractivity contribution < 1.29 is 32.2 Å². The smallest absolute Gasteiger partial charge is 0.481 e. The van der Waals surface area contributed by atoms with Gasteiger partial charge in [0.1, 0.15) is 18.0 Å². The van der Waals surface area contributed by atoms with Crippen molar-refractivity contribution in [2.75, 3.05) is 0 Å². The largest absolute Gasteiger partial charge is 0.573 e. The van der Waals surface area contributed by atoms with Gasteiger partial charge in [0.05, 0.1) is 5.56 Å². The first kappa shape index (κ1) is 13.8. The first-order valence-corrected chi connectivity index (χ1v) is 4.54. The van der Waals surface area contributed by atoms with Gasteiger partial charge in [-0.1, -0.05) is 11.8 Å². The van der Waals surface area contributed by atoms with Gasteiger partial charge in [0.15, 0.2) is 0 Å². The maximum atomic E-state index is 13.1. The predicted octanol–water partition coefficient (Wildman–Crippen LogP) is 2.55. The molecule has 0 aromatic heterocycles. The lowest BCUT2D eigenvalue weighted by atomic mass is 10.2. The summed E-state index contributed by atoms with van der Waals surface area (Å²) >= 11 is 0. The Morgan fingerprint density at radius 1 is 1.39 bits per heavy atom. The highest BCUT2D eigenvalue weighted by Gasteiger charge is 2.31. The summed E-state index contributed by atoms with van der Waals surface area (Å²) in [6.07, 6.45) is -5.42. The predicted molar refractivity (Wildman–Crippen MR) is 52.2 cm³/mol. The van der Waals surface area contributed by atoms with E-state index in [1.54, 1.807) is 0 Å². The summed E-state index contributed by atoms with van der Waals surface area (Å²) in [6, 6.07) is 2.30. The van der Waals surface area contributed by atoms with E-state index < -0.39 is 30.3 Å². The number of ether oxygens (including phenoxy) is 1. The van der Waals surface area contributed by atoms with Gasteiger partial charge >= 0.3 is 12.3 Å². The van der Waals surface area contributed by atoms with Gasteiger partial charge in [-0.3, -0.25) is 4.79 Å². The highest BCUT2D eigenvalue weighted by atomic mass is 19.4. The first-order chi connectivity index (χ1) is 8.28. The number of hydrogen-bond acceptors (Lipinski definition) is 2. The van der Waals surface area contributed by atoms with E-state index in [1.165, 1.54) is 0 Å². The number of halogens is 4. The minimum atomic E-state index is -4.89. The second-order valence-corrected chi connectivity index (χ2v) is 3.06. The van der Waals surface area contributed by atoms with Gasteiger partial charge in [0.2, 0.25) is 0 Å². The van der Waals surface area contributed by atoms with Crippen LogP contribution in [0.25, 0.3) is 0 Å². The molecule has 0 amide bonds. The molecule has 0 heterocycles. The molecule has 0 aliphatic rings. The molecule has 0 radical (unpaired) electrons. The zero-order valence-electron chi connectivity index (χ0n) is 8.71. The van der Waals surface area contributed by atoms with E-state index >= 15 is 0 Å². The fourth-order valence-electron chi connectivity index (χ4n) is 1.01. The Morgan fingerprint density at radius 2 is 2.06 bits per heavy atom. The molecule has 96 valence electrons. The molecule has 3 nitrogen and oxygen atoms in total. The van der Waals surface area contributed by atoms with Crippen molar-refractivity contribution in [2.24, 2.45) is 0 Å². The monoisotopic (exact) mass is 262 g/mol. The van der Waals surface area contributed by atoms with E-state index in [0.717, 1.165) is 18.2 Å². The van der Waals surface area contributed by atoms with Gasteiger partial charge in [0.25, 0.3) is 0 Å². The molecule has 1 aromatic rings. The standard InChI is InChI=1S/C11H6F4O3/c12-9-5-4-8(18-11(13,14)15)6-7(9)2-1-3-10(16)17/h4-6H,3H2,(H,16,17). The number of carbonyl (C=O) groups is 1. The molecule has 0 bridgehead atoms. The quantitative estimate of drug-likeness (QED) is 0.658. The summed E-state index contributed by atoms with van der Waals surface area (Å²) in [4.78, 5) is 10.2. The lowest BCUT2D eigenvalue weighted by molar-refractivity contribution is -0.274. The van der Waals surface area contributed by atoms with E-state index in [9.17, 15) is 22.4 Å². The van der Waals surface area contributed by atoms with Crippen molar-refractivity contribution in [3.05, 3.63) is 29.6 Å². The second-order valence-electron chi connectivity index (χ2n) is 3.06. The summed E-state index contributed by atoms with van der Waals surface area (Å²) < 4.78 is 52.4. The van der Waals surface area contributed by atoms with E-state index in [2.05, 4.69) is 16.6 Å². The van der Waals surface area contributed by atoms with E-state index in [-0.39, 0.29) is 5.56 Å². The minimum absolute atomic E-state index is 0.363. The molecule has 1 rings (SSSR count). The zero-order valence-corrected chi connectivity index (χ0v) is 8.71. The normalized spacial score (nSPS) is 10.4. The molecule has 0 saturated heterocycles. The molecule has 0 unspecified atom stereocenters. The van der Waals surface area contributed by atoms with Crippen molar-refractivity contribution in [2.45, 2.75) is 12.8 Å². The van der Waals surface area contributed by atoms with Crippen LogP contribution in [0.5, 0.6) is 5.75 Å². The Morgan fingerprint density at radius 3 is 2.61 bits per heavy atom. The van der Waals surface area contributed by atoms with Crippen LogP contribution in [-0.2, 0) is 4.79 Å². The average Bonchev–Trinajstić information content (AvgIpc) is 2.20. The number of aliphatic carboxylic acids is 1. The summed E-state index contributed by atoms with van der Waals surface area (Å²) in [5, 5.41) is 8.30. The van der Waals surface area contributed by atoms with Crippen LogP contribution in [0.3, 0.4) is 0 Å². The Balaban J connectivity index is 2.93. The van der Waals surface area contributed by atoms with Gasteiger partial charge in [-0.05, 0) is 18.2 Å². The van der Waals surface area contributed by atoms with Crippen LogP contribution in [0.1, 0.15) is 12.0 Å². The minimum Gasteiger partial charge on any atom is -0.481 e. The summed E-state index contributed by atoms with van der Waals surface area (Å²) in [5.74, 6) is 1.53. The van der Waals surface area contributed by atoms with Gasteiger partial charge in [-0.2, -0.15) is 0 Å². The van der Waals surface area contributed by atoms with Crippen molar-refractivity contribution in [3.8, 4) is 17.6 Å². The Labute approximate surface area is 99.0 Å². The maximum absolute atomic E-state index is 13.1. The number of carboxylic acids is 1. The van der Waals surface area contributed by atoms with Crippen LogP contribution in [0.15, 0.2) is 18.2 Å². The van der Waals surface area contributed by atoms with Crippen LogP contribution in [-0.4, -0.2) is 17.4 Å². The van der Waals surface area contributed by atoms with Crippen LogP contribution in [0, 0.1) is 17.7 Å². The summed E-state index contributed by atoms with van der Waals surface area (Å²) in [5.41, 5.74) is -0.363. The Kier molecular flexibility index (Phi) is 4.15. The van der Waals surface area contributed by atoms with Crippen LogP contribution < -0.4 is 4.74 Å². The van der Waals surface area contributed by atoms with Gasteiger partial charge < -0.3 is 9.84 Å². The third-order valence-corrected chi connectivity index (χ3v) is 1.63. The Bertz CT molecular complexity index is 511. The average molecular weight is 262 g/mol. The lowest BCUT2D eigenvalue weighted by Crippen LogP contribution is -2.17. The number of carboxylic acid groups (broad SMARTS) is 1.